The molecule has 0 fully saturated rings. The van der Waals surface area contributed by atoms with Crippen molar-refractivity contribution in [1.29, 1.82) is 0 Å². The van der Waals surface area contributed by atoms with Gasteiger partial charge >= 0.3 is 0 Å². The molecule has 0 heterocycles. The Morgan fingerprint density at radius 2 is 1.69 bits per heavy atom. The zero-order valence-corrected chi connectivity index (χ0v) is 7.96. The lowest BCUT2D eigenvalue weighted by Gasteiger charge is -2.04. The molecule has 0 amide bonds. The number of rotatable bonds is 1. The molecule has 2 rings (SSSR count). The third-order valence-electron chi connectivity index (χ3n) is 2.16. The molecule has 0 aliphatic heterocycles. The smallest absolute Gasteiger partial charge is 0.0687 e. The highest BCUT2D eigenvalue weighted by atomic mass is 32.1. The topological polar surface area (TPSA) is 20.2 Å². The number of hydrogen-bond donors (Lipinski definition) is 2. The zero-order valence-electron chi connectivity index (χ0n) is 7.07. The van der Waals surface area contributed by atoms with E-state index in [2.05, 4.69) is 12.6 Å². The minimum Gasteiger partial charge on any atom is -0.392 e. The SMILES string of the molecule is OCc1cccc2c(S)cccc12. The molecule has 0 aliphatic rings. The van der Waals surface area contributed by atoms with E-state index >= 15 is 0 Å². The van der Waals surface area contributed by atoms with Crippen LogP contribution in [0.15, 0.2) is 41.3 Å². The van der Waals surface area contributed by atoms with Gasteiger partial charge in [0.2, 0.25) is 0 Å². The Bertz CT molecular complexity index is 437. The first-order chi connectivity index (χ1) is 6.33. The summed E-state index contributed by atoms with van der Waals surface area (Å²) in [6.45, 7) is 0.0779. The van der Waals surface area contributed by atoms with E-state index in [0.29, 0.717) is 0 Å². The Morgan fingerprint density at radius 1 is 1.00 bits per heavy atom. The van der Waals surface area contributed by atoms with Gasteiger partial charge in [-0.15, -0.1) is 12.6 Å². The van der Waals surface area contributed by atoms with Crippen molar-refractivity contribution >= 4 is 23.4 Å². The fraction of sp³-hybridized carbons (Fsp3) is 0.0909. The normalized spacial score (nSPS) is 10.6. The maximum absolute atomic E-state index is 9.10. The van der Waals surface area contributed by atoms with Gasteiger partial charge in [0.05, 0.1) is 6.61 Å². The Labute approximate surface area is 82.4 Å². The average molecular weight is 190 g/mol. The maximum Gasteiger partial charge on any atom is 0.0687 e. The van der Waals surface area contributed by atoms with Crippen LogP contribution in [0.2, 0.25) is 0 Å². The van der Waals surface area contributed by atoms with Crippen LogP contribution >= 0.6 is 12.6 Å². The van der Waals surface area contributed by atoms with Crippen LogP contribution in [0, 0.1) is 0 Å². The number of aliphatic hydroxyl groups excluding tert-OH is 1. The van der Waals surface area contributed by atoms with Gasteiger partial charge in [-0.1, -0.05) is 30.3 Å². The third-order valence-corrected chi connectivity index (χ3v) is 2.55. The van der Waals surface area contributed by atoms with Crippen molar-refractivity contribution in [2.24, 2.45) is 0 Å². The fourth-order valence-corrected chi connectivity index (χ4v) is 1.78. The largest absolute Gasteiger partial charge is 0.392 e. The Hall–Kier alpha value is -0.990. The molecule has 13 heavy (non-hydrogen) atoms. The molecule has 0 aromatic heterocycles. The molecule has 2 aromatic rings. The second-order valence-corrected chi connectivity index (χ2v) is 3.43. The first-order valence-electron chi connectivity index (χ1n) is 4.13. The maximum atomic E-state index is 9.10. The molecule has 1 nitrogen and oxygen atoms in total. The molecule has 0 saturated heterocycles. The molecule has 1 N–H and O–H groups in total. The molecule has 0 spiro atoms. The molecule has 2 heteroatoms. The molecule has 0 saturated carbocycles. The van der Waals surface area contributed by atoms with Crippen molar-refractivity contribution in [1.82, 2.24) is 0 Å². The quantitative estimate of drug-likeness (QED) is 0.662. The van der Waals surface area contributed by atoms with Gasteiger partial charge in [0.1, 0.15) is 0 Å². The molecule has 0 bridgehead atoms. The lowest BCUT2D eigenvalue weighted by atomic mass is 10.1. The summed E-state index contributed by atoms with van der Waals surface area (Å²) in [6.07, 6.45) is 0. The lowest BCUT2D eigenvalue weighted by Crippen LogP contribution is -1.85. The first-order valence-corrected chi connectivity index (χ1v) is 4.58. The van der Waals surface area contributed by atoms with E-state index in [4.69, 9.17) is 5.11 Å². The summed E-state index contributed by atoms with van der Waals surface area (Å²) in [5.74, 6) is 0. The second kappa shape index (κ2) is 3.40. The standard InChI is InChI=1S/C11H10OS/c12-7-8-3-1-5-10-9(8)4-2-6-11(10)13/h1-6,12-13H,7H2. The van der Waals surface area contributed by atoms with E-state index in [9.17, 15) is 0 Å². The molecular weight excluding hydrogens is 180 g/mol. The van der Waals surface area contributed by atoms with Crippen LogP contribution in [-0.4, -0.2) is 5.11 Å². The summed E-state index contributed by atoms with van der Waals surface area (Å²) in [4.78, 5) is 0.952. The number of aliphatic hydroxyl groups is 1. The summed E-state index contributed by atoms with van der Waals surface area (Å²) in [5.41, 5.74) is 0.952. The highest BCUT2D eigenvalue weighted by Crippen LogP contribution is 2.24. The Morgan fingerprint density at radius 3 is 2.46 bits per heavy atom. The van der Waals surface area contributed by atoms with Gasteiger partial charge in [0, 0.05) is 4.90 Å². The van der Waals surface area contributed by atoms with Crippen molar-refractivity contribution in [3.63, 3.8) is 0 Å². The van der Waals surface area contributed by atoms with Crippen LogP contribution in [0.5, 0.6) is 0 Å². The minimum atomic E-state index is 0.0779. The van der Waals surface area contributed by atoms with Crippen LogP contribution in [0.4, 0.5) is 0 Å². The predicted octanol–water partition coefficient (Wildman–Crippen LogP) is 2.62. The van der Waals surface area contributed by atoms with E-state index in [1.807, 2.05) is 36.4 Å². The van der Waals surface area contributed by atoms with Crippen LogP contribution in [0.1, 0.15) is 5.56 Å². The van der Waals surface area contributed by atoms with Gasteiger partial charge in [0.25, 0.3) is 0 Å². The fourth-order valence-electron chi connectivity index (χ4n) is 1.50. The number of thiol groups is 1. The van der Waals surface area contributed by atoms with E-state index in [1.165, 1.54) is 0 Å². The van der Waals surface area contributed by atoms with Crippen molar-refractivity contribution in [3.8, 4) is 0 Å². The van der Waals surface area contributed by atoms with Crippen molar-refractivity contribution in [3.05, 3.63) is 42.0 Å². The molecular formula is C11H10OS. The first kappa shape index (κ1) is 8.60. The summed E-state index contributed by atoms with van der Waals surface area (Å²) < 4.78 is 0. The Balaban J connectivity index is 2.84. The van der Waals surface area contributed by atoms with Gasteiger partial charge in [-0.25, -0.2) is 0 Å². The predicted molar refractivity (Wildman–Crippen MR) is 57.1 cm³/mol. The number of fused-ring (bicyclic) bond motifs is 1. The molecule has 66 valence electrons. The van der Waals surface area contributed by atoms with Crippen LogP contribution < -0.4 is 0 Å². The molecule has 0 atom stereocenters. The molecule has 0 radical (unpaired) electrons. The van der Waals surface area contributed by atoms with Gasteiger partial charge in [0.15, 0.2) is 0 Å². The van der Waals surface area contributed by atoms with Gasteiger partial charge < -0.3 is 5.11 Å². The monoisotopic (exact) mass is 190 g/mol. The third kappa shape index (κ3) is 1.43. The van der Waals surface area contributed by atoms with Gasteiger partial charge in [-0.05, 0) is 22.4 Å². The van der Waals surface area contributed by atoms with Crippen LogP contribution in [0.25, 0.3) is 10.8 Å². The summed E-state index contributed by atoms with van der Waals surface area (Å²) >= 11 is 4.35. The van der Waals surface area contributed by atoms with Gasteiger partial charge in [-0.2, -0.15) is 0 Å². The summed E-state index contributed by atoms with van der Waals surface area (Å²) in [5, 5.41) is 11.3. The van der Waals surface area contributed by atoms with Gasteiger partial charge in [-0.3, -0.25) is 0 Å². The molecule has 2 aromatic carbocycles. The van der Waals surface area contributed by atoms with E-state index in [0.717, 1.165) is 21.2 Å². The minimum absolute atomic E-state index is 0.0779. The Kier molecular flexibility index (Phi) is 2.25. The molecule has 0 aliphatic carbocycles. The lowest BCUT2D eigenvalue weighted by molar-refractivity contribution is 0.283. The highest BCUT2D eigenvalue weighted by Gasteiger charge is 2.00. The van der Waals surface area contributed by atoms with E-state index < -0.39 is 0 Å². The second-order valence-electron chi connectivity index (χ2n) is 2.95. The number of hydrogen-bond acceptors (Lipinski definition) is 2. The van der Waals surface area contributed by atoms with Crippen molar-refractivity contribution < 1.29 is 5.11 Å². The van der Waals surface area contributed by atoms with Crippen LogP contribution in [-0.2, 0) is 6.61 Å². The van der Waals surface area contributed by atoms with Crippen molar-refractivity contribution in [2.45, 2.75) is 11.5 Å². The van der Waals surface area contributed by atoms with Crippen LogP contribution in [0.3, 0.4) is 0 Å². The summed E-state index contributed by atoms with van der Waals surface area (Å²) in [7, 11) is 0. The van der Waals surface area contributed by atoms with Crippen molar-refractivity contribution in [2.75, 3.05) is 0 Å². The van der Waals surface area contributed by atoms with E-state index in [1.54, 1.807) is 0 Å². The highest BCUT2D eigenvalue weighted by molar-refractivity contribution is 7.80. The van der Waals surface area contributed by atoms with E-state index in [-0.39, 0.29) is 6.61 Å². The molecule has 0 unspecified atom stereocenters. The average Bonchev–Trinajstić information content (AvgIpc) is 2.18. The zero-order chi connectivity index (χ0) is 9.26. The summed E-state index contributed by atoms with van der Waals surface area (Å²) in [6, 6.07) is 11.8. The number of benzene rings is 2.